The van der Waals surface area contributed by atoms with E-state index in [9.17, 15) is 14.4 Å². The second kappa shape index (κ2) is 8.07. The number of urea groups is 1. The SMILES string of the molecule is Cc1cccc(/C=C(/C(=O)OCC(=O)NC(N)=O)c2cccs2)c1. The molecule has 0 fully saturated rings. The Hall–Kier alpha value is -2.93. The average molecular weight is 344 g/mol. The minimum absolute atomic E-state index is 0.336. The van der Waals surface area contributed by atoms with Crippen LogP contribution >= 0.6 is 11.3 Å². The fraction of sp³-hybridized carbons (Fsp3) is 0.118. The van der Waals surface area contributed by atoms with E-state index in [0.717, 1.165) is 16.0 Å². The summed E-state index contributed by atoms with van der Waals surface area (Å²) in [5.74, 6) is -1.43. The number of amides is 3. The van der Waals surface area contributed by atoms with Crippen molar-refractivity contribution in [1.82, 2.24) is 5.32 Å². The topological polar surface area (TPSA) is 98.5 Å². The van der Waals surface area contributed by atoms with E-state index in [-0.39, 0.29) is 0 Å². The maximum atomic E-state index is 12.3. The lowest BCUT2D eigenvalue weighted by molar-refractivity contribution is -0.142. The summed E-state index contributed by atoms with van der Waals surface area (Å²) in [6.07, 6.45) is 1.70. The molecule has 2 aromatic rings. The summed E-state index contributed by atoms with van der Waals surface area (Å²) in [6, 6.07) is 10.3. The molecule has 0 bridgehead atoms. The van der Waals surface area contributed by atoms with Crippen LogP contribution in [0.25, 0.3) is 11.6 Å². The molecular weight excluding hydrogens is 328 g/mol. The van der Waals surface area contributed by atoms with E-state index in [2.05, 4.69) is 0 Å². The lowest BCUT2D eigenvalue weighted by Crippen LogP contribution is -2.37. The molecule has 124 valence electrons. The zero-order valence-electron chi connectivity index (χ0n) is 12.9. The van der Waals surface area contributed by atoms with Crippen LogP contribution in [0.1, 0.15) is 16.0 Å². The summed E-state index contributed by atoms with van der Waals surface area (Å²) in [6.45, 7) is 1.37. The summed E-state index contributed by atoms with van der Waals surface area (Å²) in [5, 5.41) is 3.67. The zero-order chi connectivity index (χ0) is 17.5. The van der Waals surface area contributed by atoms with Crippen LogP contribution in [0.5, 0.6) is 0 Å². The molecule has 3 N–H and O–H groups in total. The predicted octanol–water partition coefficient (Wildman–Crippen LogP) is 2.34. The smallest absolute Gasteiger partial charge is 0.340 e. The van der Waals surface area contributed by atoms with E-state index in [1.165, 1.54) is 11.3 Å². The van der Waals surface area contributed by atoms with Gasteiger partial charge >= 0.3 is 12.0 Å². The molecule has 0 atom stereocenters. The van der Waals surface area contributed by atoms with Gasteiger partial charge in [0.15, 0.2) is 6.61 Å². The first-order valence-corrected chi connectivity index (χ1v) is 7.92. The third kappa shape index (κ3) is 5.06. The first-order valence-electron chi connectivity index (χ1n) is 7.04. The van der Waals surface area contributed by atoms with Crippen LogP contribution < -0.4 is 11.1 Å². The second-order valence-corrected chi connectivity index (χ2v) is 5.89. The molecule has 0 aliphatic heterocycles. The Balaban J connectivity index is 2.19. The number of carbonyl (C=O) groups excluding carboxylic acids is 3. The zero-order valence-corrected chi connectivity index (χ0v) is 13.8. The molecule has 0 aliphatic carbocycles. The number of ether oxygens (including phenoxy) is 1. The number of aryl methyl sites for hydroxylation is 1. The van der Waals surface area contributed by atoms with Gasteiger partial charge in [-0.1, -0.05) is 35.9 Å². The van der Waals surface area contributed by atoms with Crippen LogP contribution in [0.4, 0.5) is 4.79 Å². The van der Waals surface area contributed by atoms with Gasteiger partial charge in [0.05, 0.1) is 5.57 Å². The summed E-state index contributed by atoms with van der Waals surface area (Å²) in [7, 11) is 0. The highest BCUT2D eigenvalue weighted by Crippen LogP contribution is 2.24. The molecule has 1 aromatic carbocycles. The van der Waals surface area contributed by atoms with Crippen LogP contribution in [0.3, 0.4) is 0 Å². The van der Waals surface area contributed by atoms with E-state index in [1.807, 2.05) is 48.0 Å². The molecule has 1 aromatic heterocycles. The largest absolute Gasteiger partial charge is 0.452 e. The average Bonchev–Trinajstić information content (AvgIpc) is 3.04. The van der Waals surface area contributed by atoms with Crippen LogP contribution in [-0.2, 0) is 14.3 Å². The van der Waals surface area contributed by atoms with E-state index in [0.29, 0.717) is 5.57 Å². The number of nitrogens with two attached hydrogens (primary N) is 1. The van der Waals surface area contributed by atoms with Gasteiger partial charge in [0.1, 0.15) is 0 Å². The van der Waals surface area contributed by atoms with Crippen molar-refractivity contribution >= 4 is 40.9 Å². The fourth-order valence-corrected chi connectivity index (χ4v) is 2.70. The van der Waals surface area contributed by atoms with Crippen molar-refractivity contribution in [3.8, 4) is 0 Å². The molecule has 0 unspecified atom stereocenters. The first-order chi connectivity index (χ1) is 11.5. The lowest BCUT2D eigenvalue weighted by Gasteiger charge is -2.07. The van der Waals surface area contributed by atoms with Crippen molar-refractivity contribution < 1.29 is 19.1 Å². The Labute approximate surface area is 142 Å². The normalized spacial score (nSPS) is 11.0. The molecule has 24 heavy (non-hydrogen) atoms. The number of carbonyl (C=O) groups is 3. The van der Waals surface area contributed by atoms with Crippen molar-refractivity contribution in [3.63, 3.8) is 0 Å². The molecule has 0 spiro atoms. The van der Waals surface area contributed by atoms with Gasteiger partial charge in [0.2, 0.25) is 0 Å². The Kier molecular flexibility index (Phi) is 5.86. The van der Waals surface area contributed by atoms with Gasteiger partial charge in [-0.15, -0.1) is 11.3 Å². The van der Waals surface area contributed by atoms with Crippen molar-refractivity contribution in [3.05, 3.63) is 57.8 Å². The van der Waals surface area contributed by atoms with Gasteiger partial charge in [0.25, 0.3) is 5.91 Å². The summed E-state index contributed by atoms with van der Waals surface area (Å²) >= 11 is 1.38. The Morgan fingerprint density at radius 3 is 2.67 bits per heavy atom. The molecule has 7 heteroatoms. The minimum atomic E-state index is -0.996. The molecule has 0 radical (unpaired) electrons. The van der Waals surface area contributed by atoms with E-state index in [1.54, 1.807) is 12.1 Å². The van der Waals surface area contributed by atoms with Crippen LogP contribution in [-0.4, -0.2) is 24.5 Å². The monoisotopic (exact) mass is 344 g/mol. The van der Waals surface area contributed by atoms with Crippen LogP contribution in [0.2, 0.25) is 0 Å². The van der Waals surface area contributed by atoms with Crippen molar-refractivity contribution in [2.75, 3.05) is 6.61 Å². The predicted molar refractivity (Wildman–Crippen MR) is 92.1 cm³/mol. The molecule has 0 saturated heterocycles. The number of primary amides is 1. The Morgan fingerprint density at radius 1 is 1.25 bits per heavy atom. The van der Waals surface area contributed by atoms with Crippen LogP contribution in [0.15, 0.2) is 41.8 Å². The highest BCUT2D eigenvalue weighted by Gasteiger charge is 2.17. The quantitative estimate of drug-likeness (QED) is 0.642. The second-order valence-electron chi connectivity index (χ2n) is 4.94. The third-order valence-corrected chi connectivity index (χ3v) is 3.86. The fourth-order valence-electron chi connectivity index (χ4n) is 1.97. The van der Waals surface area contributed by atoms with Crippen LogP contribution in [0, 0.1) is 6.92 Å². The molecule has 6 nitrogen and oxygen atoms in total. The number of rotatable bonds is 5. The molecule has 1 heterocycles. The number of hydrogen-bond donors (Lipinski definition) is 2. The van der Waals surface area contributed by atoms with E-state index in [4.69, 9.17) is 10.5 Å². The lowest BCUT2D eigenvalue weighted by atomic mass is 10.1. The maximum absolute atomic E-state index is 12.3. The Morgan fingerprint density at radius 2 is 2.04 bits per heavy atom. The third-order valence-electron chi connectivity index (χ3n) is 2.96. The Bertz CT molecular complexity index is 782. The molecule has 2 rings (SSSR count). The van der Waals surface area contributed by atoms with Gasteiger partial charge in [-0.25, -0.2) is 9.59 Å². The van der Waals surface area contributed by atoms with Crippen molar-refractivity contribution in [1.29, 1.82) is 0 Å². The van der Waals surface area contributed by atoms with Gasteiger partial charge < -0.3 is 10.5 Å². The van der Waals surface area contributed by atoms with Gasteiger partial charge in [-0.05, 0) is 30.0 Å². The van der Waals surface area contributed by atoms with Crippen molar-refractivity contribution in [2.45, 2.75) is 6.92 Å². The molecule has 0 saturated carbocycles. The highest BCUT2D eigenvalue weighted by atomic mass is 32.1. The first kappa shape index (κ1) is 17.4. The molecule has 3 amide bonds. The molecular formula is C17H16N2O4S. The number of nitrogens with one attached hydrogen (secondary N) is 1. The summed E-state index contributed by atoms with van der Waals surface area (Å²) in [4.78, 5) is 35.0. The summed E-state index contributed by atoms with van der Waals surface area (Å²) in [5.41, 5.74) is 7.07. The van der Waals surface area contributed by atoms with Gasteiger partial charge in [-0.3, -0.25) is 10.1 Å². The number of imide groups is 1. The summed E-state index contributed by atoms with van der Waals surface area (Å²) < 4.78 is 4.97. The number of benzene rings is 1. The van der Waals surface area contributed by atoms with Gasteiger partial charge in [-0.2, -0.15) is 0 Å². The highest BCUT2D eigenvalue weighted by molar-refractivity contribution is 7.11. The standard InChI is InChI=1S/C17H16N2O4S/c1-11-4-2-5-12(8-11)9-13(14-6-3-7-24-14)16(21)23-10-15(20)19-17(18)22/h2-9H,10H2,1H3,(H3,18,19,20,22)/b13-9+. The molecule has 0 aliphatic rings. The van der Waals surface area contributed by atoms with E-state index < -0.39 is 24.5 Å². The number of esters is 1. The number of hydrogen-bond acceptors (Lipinski definition) is 5. The van der Waals surface area contributed by atoms with Gasteiger partial charge in [0, 0.05) is 4.88 Å². The van der Waals surface area contributed by atoms with Crippen molar-refractivity contribution in [2.24, 2.45) is 5.73 Å². The van der Waals surface area contributed by atoms with E-state index >= 15 is 0 Å². The number of thiophene rings is 1. The minimum Gasteiger partial charge on any atom is -0.452 e. The maximum Gasteiger partial charge on any atom is 0.340 e.